The van der Waals surface area contributed by atoms with E-state index in [0.717, 1.165) is 0 Å². The summed E-state index contributed by atoms with van der Waals surface area (Å²) in [7, 11) is 0. The molecule has 2 aromatic carbocycles. The van der Waals surface area contributed by atoms with Crippen LogP contribution in [-0.4, -0.2) is 29.1 Å². The number of carbonyl (C=O) groups excluding carboxylic acids is 2. The van der Waals surface area contributed by atoms with Crippen LogP contribution in [0.2, 0.25) is 5.02 Å². The van der Waals surface area contributed by atoms with Crippen molar-refractivity contribution in [3.05, 3.63) is 59.1 Å². The maximum absolute atomic E-state index is 12.2. The number of hydrogen-bond donors (Lipinski definition) is 4. The molecule has 0 aliphatic carbocycles. The van der Waals surface area contributed by atoms with Gasteiger partial charge in [0.1, 0.15) is 0 Å². The maximum atomic E-state index is 12.2. The lowest BCUT2D eigenvalue weighted by molar-refractivity contribution is -0.116. The number of carboxylic acid groups (broad SMARTS) is 1. The van der Waals surface area contributed by atoms with Gasteiger partial charge in [0.2, 0.25) is 5.91 Å². The van der Waals surface area contributed by atoms with Crippen LogP contribution in [0.1, 0.15) is 30.1 Å². The van der Waals surface area contributed by atoms with E-state index in [1.807, 2.05) is 6.92 Å². The molecule has 2 aromatic rings. The highest BCUT2D eigenvalue weighted by Crippen LogP contribution is 2.14. The van der Waals surface area contributed by atoms with Crippen molar-refractivity contribution < 1.29 is 19.5 Å². The van der Waals surface area contributed by atoms with E-state index in [0.29, 0.717) is 22.8 Å². The number of aromatic carboxylic acids is 1. The van der Waals surface area contributed by atoms with Gasteiger partial charge in [0.15, 0.2) is 0 Å². The van der Waals surface area contributed by atoms with Crippen LogP contribution in [0, 0.1) is 0 Å². The number of urea groups is 1. The smallest absolute Gasteiger partial charge is 0.335 e. The second-order valence-electron chi connectivity index (χ2n) is 5.85. The second-order valence-corrected chi connectivity index (χ2v) is 6.29. The van der Waals surface area contributed by atoms with Crippen molar-refractivity contribution in [2.75, 3.05) is 10.6 Å². The predicted octanol–water partition coefficient (Wildman–Crippen LogP) is 3.97. The van der Waals surface area contributed by atoms with Gasteiger partial charge < -0.3 is 21.1 Å². The van der Waals surface area contributed by atoms with Crippen LogP contribution < -0.4 is 16.0 Å². The molecule has 3 amide bonds. The number of carbonyl (C=O) groups is 3. The fourth-order valence-corrected chi connectivity index (χ4v) is 2.48. The molecule has 27 heavy (non-hydrogen) atoms. The number of benzene rings is 2. The van der Waals surface area contributed by atoms with Gasteiger partial charge in [-0.2, -0.15) is 0 Å². The zero-order chi connectivity index (χ0) is 19.8. The van der Waals surface area contributed by atoms with Crippen molar-refractivity contribution in [1.82, 2.24) is 5.32 Å². The Kier molecular flexibility index (Phi) is 7.19. The summed E-state index contributed by atoms with van der Waals surface area (Å²) in [4.78, 5) is 35.2. The first kappa shape index (κ1) is 20.3. The summed E-state index contributed by atoms with van der Waals surface area (Å²) in [5, 5.41) is 17.6. The van der Waals surface area contributed by atoms with E-state index >= 15 is 0 Å². The lowest BCUT2D eigenvalue weighted by Crippen LogP contribution is -2.39. The molecule has 0 spiro atoms. The molecule has 1 unspecified atom stereocenters. The molecule has 7 nitrogen and oxygen atoms in total. The SMILES string of the molecule is CCC(CC(=O)Nc1cccc(C(=O)O)c1)NC(=O)Nc1ccc(Cl)cc1. The zero-order valence-corrected chi connectivity index (χ0v) is 15.4. The number of rotatable bonds is 7. The van der Waals surface area contributed by atoms with Crippen molar-refractivity contribution in [1.29, 1.82) is 0 Å². The Balaban J connectivity index is 1.88. The minimum atomic E-state index is -1.07. The van der Waals surface area contributed by atoms with Crippen molar-refractivity contribution in [2.24, 2.45) is 0 Å². The Bertz CT molecular complexity index is 824. The number of amides is 3. The minimum absolute atomic E-state index is 0.0574. The largest absolute Gasteiger partial charge is 0.478 e. The number of nitrogens with one attached hydrogen (secondary N) is 3. The van der Waals surface area contributed by atoms with Crippen LogP contribution in [0.25, 0.3) is 0 Å². The summed E-state index contributed by atoms with van der Waals surface area (Å²) < 4.78 is 0. The number of hydrogen-bond acceptors (Lipinski definition) is 3. The molecule has 0 saturated heterocycles. The van der Waals surface area contributed by atoms with E-state index in [1.165, 1.54) is 12.1 Å². The molecule has 4 N–H and O–H groups in total. The quantitative estimate of drug-likeness (QED) is 0.574. The minimum Gasteiger partial charge on any atom is -0.478 e. The molecule has 0 aromatic heterocycles. The molecule has 1 atom stereocenters. The molecule has 0 heterocycles. The first-order valence-electron chi connectivity index (χ1n) is 8.33. The third kappa shape index (κ3) is 6.63. The van der Waals surface area contributed by atoms with E-state index in [-0.39, 0.29) is 23.9 Å². The van der Waals surface area contributed by atoms with Crippen molar-refractivity contribution in [2.45, 2.75) is 25.8 Å². The summed E-state index contributed by atoms with van der Waals surface area (Å²) in [6.07, 6.45) is 0.610. The summed E-state index contributed by atoms with van der Waals surface area (Å²) in [5.74, 6) is -1.39. The zero-order valence-electron chi connectivity index (χ0n) is 14.7. The summed E-state index contributed by atoms with van der Waals surface area (Å²) in [6.45, 7) is 1.85. The lowest BCUT2D eigenvalue weighted by atomic mass is 10.1. The topological polar surface area (TPSA) is 108 Å². The van der Waals surface area contributed by atoms with Crippen LogP contribution in [0.4, 0.5) is 16.2 Å². The number of anilines is 2. The average Bonchev–Trinajstić information content (AvgIpc) is 2.63. The first-order valence-corrected chi connectivity index (χ1v) is 8.71. The normalized spacial score (nSPS) is 11.3. The highest BCUT2D eigenvalue weighted by atomic mass is 35.5. The molecule has 0 aliphatic heterocycles. The van der Waals surface area contributed by atoms with Gasteiger partial charge in [0, 0.05) is 28.9 Å². The van der Waals surface area contributed by atoms with Gasteiger partial charge in [-0.1, -0.05) is 24.6 Å². The highest BCUT2D eigenvalue weighted by Gasteiger charge is 2.15. The fourth-order valence-electron chi connectivity index (χ4n) is 2.35. The molecule has 0 radical (unpaired) electrons. The Labute approximate surface area is 161 Å². The molecule has 0 bridgehead atoms. The monoisotopic (exact) mass is 389 g/mol. The first-order chi connectivity index (χ1) is 12.9. The molecule has 0 aliphatic rings. The molecule has 142 valence electrons. The summed E-state index contributed by atoms with van der Waals surface area (Å²) >= 11 is 5.80. The van der Waals surface area contributed by atoms with Gasteiger partial charge in [0.25, 0.3) is 0 Å². The van der Waals surface area contributed by atoms with E-state index < -0.39 is 12.0 Å². The number of carboxylic acids is 1. The second kappa shape index (κ2) is 9.59. The summed E-state index contributed by atoms with van der Waals surface area (Å²) in [5.41, 5.74) is 1.06. The lowest BCUT2D eigenvalue weighted by Gasteiger charge is -2.17. The van der Waals surface area contributed by atoms with Crippen LogP contribution in [0.5, 0.6) is 0 Å². The van der Waals surface area contributed by atoms with Gasteiger partial charge in [-0.25, -0.2) is 9.59 Å². The van der Waals surface area contributed by atoms with E-state index in [1.54, 1.807) is 36.4 Å². The van der Waals surface area contributed by atoms with Crippen molar-refractivity contribution in [3.63, 3.8) is 0 Å². The van der Waals surface area contributed by atoms with E-state index in [4.69, 9.17) is 16.7 Å². The molecular weight excluding hydrogens is 370 g/mol. The summed E-state index contributed by atoms with van der Waals surface area (Å²) in [6, 6.07) is 11.8. The predicted molar refractivity (Wildman–Crippen MR) is 104 cm³/mol. The molecule has 0 fully saturated rings. The molecular formula is C19H20ClN3O4. The van der Waals surface area contributed by atoms with Crippen LogP contribution in [0.3, 0.4) is 0 Å². The van der Waals surface area contributed by atoms with Gasteiger partial charge in [-0.3, -0.25) is 4.79 Å². The van der Waals surface area contributed by atoms with Crippen LogP contribution in [-0.2, 0) is 4.79 Å². The van der Waals surface area contributed by atoms with Crippen molar-refractivity contribution in [3.8, 4) is 0 Å². The molecule has 8 heteroatoms. The third-order valence-electron chi connectivity index (χ3n) is 3.76. The fraction of sp³-hybridized carbons (Fsp3) is 0.211. The van der Waals surface area contributed by atoms with Gasteiger partial charge >= 0.3 is 12.0 Å². The average molecular weight is 390 g/mol. The van der Waals surface area contributed by atoms with Gasteiger partial charge in [0.05, 0.1) is 5.56 Å². The Hall–Kier alpha value is -3.06. The third-order valence-corrected chi connectivity index (χ3v) is 4.01. The highest BCUT2D eigenvalue weighted by molar-refractivity contribution is 6.30. The Morgan fingerprint density at radius 3 is 2.37 bits per heavy atom. The molecule has 0 saturated carbocycles. The standard InChI is InChI=1S/C19H20ClN3O4/c1-2-14(22-19(27)23-15-8-6-13(20)7-9-15)11-17(24)21-16-5-3-4-12(10-16)18(25)26/h3-10,14H,2,11H2,1H3,(H,21,24)(H,25,26)(H2,22,23,27). The van der Waals surface area contributed by atoms with Crippen LogP contribution >= 0.6 is 11.6 Å². The van der Waals surface area contributed by atoms with Crippen LogP contribution in [0.15, 0.2) is 48.5 Å². The van der Waals surface area contributed by atoms with E-state index in [2.05, 4.69) is 16.0 Å². The van der Waals surface area contributed by atoms with Gasteiger partial charge in [-0.05, 0) is 48.9 Å². The van der Waals surface area contributed by atoms with Gasteiger partial charge in [-0.15, -0.1) is 0 Å². The van der Waals surface area contributed by atoms with E-state index in [9.17, 15) is 14.4 Å². The number of halogens is 1. The maximum Gasteiger partial charge on any atom is 0.335 e. The Morgan fingerprint density at radius 1 is 1.04 bits per heavy atom. The molecule has 2 rings (SSSR count). The Morgan fingerprint density at radius 2 is 1.74 bits per heavy atom. The van der Waals surface area contributed by atoms with Crippen molar-refractivity contribution >= 4 is 40.9 Å².